The minimum Gasteiger partial charge on any atom is -0.478 e. The van der Waals surface area contributed by atoms with E-state index in [2.05, 4.69) is 53.2 Å². The molecule has 1 aromatic heterocycles. The van der Waals surface area contributed by atoms with Crippen molar-refractivity contribution in [2.75, 3.05) is 34.8 Å². The first kappa shape index (κ1) is 20.9. The second-order valence-electron chi connectivity index (χ2n) is 7.80. The molecule has 4 rings (SSSR count). The smallest absolute Gasteiger partial charge is 0.335 e. The lowest BCUT2D eigenvalue weighted by Gasteiger charge is -2.43. The average molecular weight is 436 g/mol. The molecule has 1 aliphatic rings. The van der Waals surface area contributed by atoms with Crippen molar-refractivity contribution in [2.24, 2.45) is 0 Å². The van der Waals surface area contributed by atoms with Gasteiger partial charge >= 0.3 is 5.97 Å². The van der Waals surface area contributed by atoms with Crippen LogP contribution in [0.15, 0.2) is 60.0 Å². The molecule has 3 aromatic rings. The van der Waals surface area contributed by atoms with Crippen molar-refractivity contribution >= 4 is 40.3 Å². The van der Waals surface area contributed by atoms with Gasteiger partial charge in [0.2, 0.25) is 0 Å². The van der Waals surface area contributed by atoms with E-state index in [4.69, 9.17) is 0 Å². The second kappa shape index (κ2) is 8.81. The van der Waals surface area contributed by atoms with Crippen molar-refractivity contribution in [3.8, 4) is 0 Å². The van der Waals surface area contributed by atoms with E-state index in [0.717, 1.165) is 25.3 Å². The normalized spacial score (nSPS) is 16.3. The van der Waals surface area contributed by atoms with E-state index < -0.39 is 5.97 Å². The first-order valence-electron chi connectivity index (χ1n) is 10.2. The summed E-state index contributed by atoms with van der Waals surface area (Å²) in [5, 5.41) is 14.2. The lowest BCUT2D eigenvalue weighted by Crippen LogP contribution is -2.52. The van der Waals surface area contributed by atoms with Crippen LogP contribution in [0.5, 0.6) is 0 Å². The molecular weight excluding hydrogens is 410 g/mol. The van der Waals surface area contributed by atoms with Gasteiger partial charge in [0.25, 0.3) is 5.91 Å². The van der Waals surface area contributed by atoms with Gasteiger partial charge in [0, 0.05) is 31.4 Å². The molecular formula is C24H25N3O3S. The Bertz CT molecular complexity index is 1100. The van der Waals surface area contributed by atoms with Crippen LogP contribution in [-0.4, -0.2) is 42.7 Å². The van der Waals surface area contributed by atoms with E-state index in [-0.39, 0.29) is 17.5 Å². The van der Waals surface area contributed by atoms with E-state index in [1.54, 1.807) is 24.3 Å². The van der Waals surface area contributed by atoms with Crippen molar-refractivity contribution in [3.05, 3.63) is 76.0 Å². The molecule has 2 aromatic carbocycles. The first-order valence-corrected chi connectivity index (χ1v) is 11.1. The number of hydrogen-bond donors (Lipinski definition) is 2. The number of nitrogens with zero attached hydrogens (tertiary/aromatic N) is 2. The largest absolute Gasteiger partial charge is 0.478 e. The molecule has 31 heavy (non-hydrogen) atoms. The fraction of sp³-hybridized carbons (Fsp3) is 0.250. The van der Waals surface area contributed by atoms with Gasteiger partial charge in [0.15, 0.2) is 0 Å². The monoisotopic (exact) mass is 435 g/mol. The zero-order valence-corrected chi connectivity index (χ0v) is 18.4. The Morgan fingerprint density at radius 1 is 1.10 bits per heavy atom. The van der Waals surface area contributed by atoms with Gasteiger partial charge in [-0.05, 0) is 61.2 Å². The molecule has 1 amide bonds. The van der Waals surface area contributed by atoms with Crippen molar-refractivity contribution in [3.63, 3.8) is 0 Å². The molecule has 0 radical (unpaired) electrons. The molecule has 1 fully saturated rings. The number of nitrogens with one attached hydrogen (secondary N) is 1. The summed E-state index contributed by atoms with van der Waals surface area (Å²) in [4.78, 5) is 29.3. The maximum absolute atomic E-state index is 12.6. The van der Waals surface area contributed by atoms with Gasteiger partial charge in [-0.1, -0.05) is 18.2 Å². The van der Waals surface area contributed by atoms with Crippen molar-refractivity contribution in [2.45, 2.75) is 19.9 Å². The van der Waals surface area contributed by atoms with Crippen LogP contribution in [0.4, 0.5) is 17.1 Å². The SMILES string of the molecule is Cc1cccc(N2CCN(c3ccc(C(=O)O)cc3NC(=O)c3cccs3)C[C@@H]2C)c1. The van der Waals surface area contributed by atoms with E-state index in [1.807, 2.05) is 11.4 Å². The Balaban J connectivity index is 1.58. The van der Waals surface area contributed by atoms with E-state index in [1.165, 1.54) is 22.6 Å². The first-order chi connectivity index (χ1) is 14.9. The van der Waals surface area contributed by atoms with Crippen molar-refractivity contribution in [1.82, 2.24) is 0 Å². The predicted octanol–water partition coefficient (Wildman–Crippen LogP) is 4.72. The highest BCUT2D eigenvalue weighted by Gasteiger charge is 2.26. The number of aromatic carboxylic acids is 1. The maximum atomic E-state index is 12.6. The fourth-order valence-electron chi connectivity index (χ4n) is 4.00. The Hall–Kier alpha value is -3.32. The number of thiophene rings is 1. The van der Waals surface area contributed by atoms with Crippen LogP contribution >= 0.6 is 11.3 Å². The van der Waals surface area contributed by atoms with Crippen LogP contribution in [-0.2, 0) is 0 Å². The Morgan fingerprint density at radius 2 is 1.94 bits per heavy atom. The summed E-state index contributed by atoms with van der Waals surface area (Å²) >= 11 is 1.35. The highest BCUT2D eigenvalue weighted by molar-refractivity contribution is 7.12. The van der Waals surface area contributed by atoms with Crippen LogP contribution in [0.1, 0.15) is 32.5 Å². The molecule has 160 valence electrons. The molecule has 0 saturated carbocycles. The molecule has 1 aliphatic heterocycles. The molecule has 6 nitrogen and oxygen atoms in total. The lowest BCUT2D eigenvalue weighted by atomic mass is 10.1. The molecule has 0 bridgehead atoms. The summed E-state index contributed by atoms with van der Waals surface area (Å²) in [6, 6.07) is 17.3. The molecule has 1 atom stereocenters. The van der Waals surface area contributed by atoms with E-state index in [9.17, 15) is 14.7 Å². The second-order valence-corrected chi connectivity index (χ2v) is 8.74. The molecule has 7 heteroatoms. The van der Waals surface area contributed by atoms with Crippen molar-refractivity contribution in [1.29, 1.82) is 0 Å². The van der Waals surface area contributed by atoms with Gasteiger partial charge in [-0.3, -0.25) is 4.79 Å². The Labute approximate surface area is 185 Å². The topological polar surface area (TPSA) is 72.9 Å². The number of amides is 1. The maximum Gasteiger partial charge on any atom is 0.335 e. The number of carboxylic acid groups (broad SMARTS) is 1. The number of carbonyl (C=O) groups excluding carboxylic acids is 1. The summed E-state index contributed by atoms with van der Waals surface area (Å²) in [6.45, 7) is 6.65. The standard InChI is InChI=1S/C24H25N3O3S/c1-16-5-3-6-19(13-16)27-11-10-26(15-17(27)2)21-9-8-18(24(29)30)14-20(21)25-23(28)22-7-4-12-31-22/h3-9,12-14,17H,10-11,15H2,1-2H3,(H,25,28)(H,29,30)/t17-/m0/s1. The van der Waals surface area contributed by atoms with Crippen LogP contribution in [0, 0.1) is 6.92 Å². The van der Waals surface area contributed by atoms with Gasteiger partial charge in [0.05, 0.1) is 21.8 Å². The molecule has 2 N–H and O–H groups in total. The van der Waals surface area contributed by atoms with Crippen molar-refractivity contribution < 1.29 is 14.7 Å². The number of hydrogen-bond acceptors (Lipinski definition) is 5. The van der Waals surface area contributed by atoms with Gasteiger partial charge in [-0.15, -0.1) is 11.3 Å². The third-order valence-corrected chi connectivity index (χ3v) is 6.41. The summed E-state index contributed by atoms with van der Waals surface area (Å²) in [7, 11) is 0. The number of carboxylic acids is 1. The number of piperazine rings is 1. The minimum absolute atomic E-state index is 0.150. The molecule has 0 spiro atoms. The zero-order chi connectivity index (χ0) is 22.0. The summed E-state index contributed by atoms with van der Waals surface area (Å²) in [6.07, 6.45) is 0. The molecule has 2 heterocycles. The number of rotatable bonds is 5. The fourth-order valence-corrected chi connectivity index (χ4v) is 4.62. The van der Waals surface area contributed by atoms with Gasteiger partial charge in [-0.2, -0.15) is 0 Å². The Morgan fingerprint density at radius 3 is 2.61 bits per heavy atom. The number of carbonyl (C=O) groups is 2. The quantitative estimate of drug-likeness (QED) is 0.607. The Kier molecular flexibility index (Phi) is 5.95. The molecule has 0 aliphatic carbocycles. The lowest BCUT2D eigenvalue weighted by molar-refractivity contribution is 0.0696. The highest BCUT2D eigenvalue weighted by atomic mass is 32.1. The number of anilines is 3. The van der Waals surface area contributed by atoms with Crippen LogP contribution < -0.4 is 15.1 Å². The van der Waals surface area contributed by atoms with Gasteiger partial charge < -0.3 is 20.2 Å². The third kappa shape index (κ3) is 4.56. The van der Waals surface area contributed by atoms with Gasteiger partial charge in [0.1, 0.15) is 0 Å². The van der Waals surface area contributed by atoms with Crippen LogP contribution in [0.2, 0.25) is 0 Å². The number of benzene rings is 2. The predicted molar refractivity (Wildman–Crippen MR) is 126 cm³/mol. The summed E-state index contributed by atoms with van der Waals surface area (Å²) in [5.41, 5.74) is 3.95. The van der Waals surface area contributed by atoms with E-state index in [0.29, 0.717) is 10.6 Å². The number of aryl methyl sites for hydroxylation is 1. The minimum atomic E-state index is -1.02. The highest BCUT2D eigenvalue weighted by Crippen LogP contribution is 2.31. The molecule has 0 unspecified atom stereocenters. The van der Waals surface area contributed by atoms with Crippen LogP contribution in [0.3, 0.4) is 0 Å². The zero-order valence-electron chi connectivity index (χ0n) is 17.5. The summed E-state index contributed by atoms with van der Waals surface area (Å²) < 4.78 is 0. The summed E-state index contributed by atoms with van der Waals surface area (Å²) in [5.74, 6) is -1.25. The third-order valence-electron chi connectivity index (χ3n) is 5.54. The van der Waals surface area contributed by atoms with E-state index >= 15 is 0 Å². The van der Waals surface area contributed by atoms with Gasteiger partial charge in [-0.25, -0.2) is 4.79 Å². The van der Waals surface area contributed by atoms with Crippen LogP contribution in [0.25, 0.3) is 0 Å². The average Bonchev–Trinajstić information content (AvgIpc) is 3.28. The molecule has 1 saturated heterocycles.